The standard InChI is InChI=1S/C17H22N4O3/c1-23-14-9-11(16(18)21-7-3-2-4-8-21)5-6-12(14)13-10-15(17(19)22)24-20-13/h5-6,9,15,18H,2-4,7-8,10H2,1H3,(H2,19,22). The monoisotopic (exact) mass is 330 g/mol. The molecule has 128 valence electrons. The summed E-state index contributed by atoms with van der Waals surface area (Å²) in [4.78, 5) is 18.4. The van der Waals surface area contributed by atoms with Gasteiger partial charge in [-0.15, -0.1) is 0 Å². The Morgan fingerprint density at radius 1 is 1.38 bits per heavy atom. The summed E-state index contributed by atoms with van der Waals surface area (Å²) in [5.74, 6) is 0.595. The molecule has 1 aromatic rings. The van der Waals surface area contributed by atoms with Crippen LogP contribution in [0.5, 0.6) is 5.75 Å². The molecule has 1 unspecified atom stereocenters. The van der Waals surface area contributed by atoms with E-state index in [0.29, 0.717) is 23.7 Å². The fourth-order valence-electron chi connectivity index (χ4n) is 3.07. The Balaban J connectivity index is 1.81. The first-order chi connectivity index (χ1) is 11.6. The van der Waals surface area contributed by atoms with Crippen LogP contribution in [0.3, 0.4) is 0 Å². The third kappa shape index (κ3) is 3.20. The molecule has 0 radical (unpaired) electrons. The number of hydrogen-bond donors (Lipinski definition) is 2. The summed E-state index contributed by atoms with van der Waals surface area (Å²) in [5.41, 5.74) is 7.45. The van der Waals surface area contributed by atoms with Gasteiger partial charge < -0.3 is 20.2 Å². The van der Waals surface area contributed by atoms with Crippen molar-refractivity contribution in [2.45, 2.75) is 31.8 Å². The summed E-state index contributed by atoms with van der Waals surface area (Å²) >= 11 is 0. The van der Waals surface area contributed by atoms with Crippen LogP contribution >= 0.6 is 0 Å². The maximum absolute atomic E-state index is 11.2. The number of methoxy groups -OCH3 is 1. The number of oxime groups is 1. The molecule has 2 aliphatic rings. The van der Waals surface area contributed by atoms with Crippen LogP contribution in [-0.4, -0.2) is 48.7 Å². The molecule has 2 aliphatic heterocycles. The number of rotatable bonds is 4. The smallest absolute Gasteiger partial charge is 0.261 e. The molecule has 3 rings (SSSR count). The van der Waals surface area contributed by atoms with E-state index in [-0.39, 0.29) is 0 Å². The van der Waals surface area contributed by atoms with Gasteiger partial charge >= 0.3 is 0 Å². The van der Waals surface area contributed by atoms with Gasteiger partial charge in [0.15, 0.2) is 0 Å². The van der Waals surface area contributed by atoms with Crippen LogP contribution in [0.4, 0.5) is 0 Å². The largest absolute Gasteiger partial charge is 0.496 e. The minimum absolute atomic E-state index is 0.328. The molecule has 0 saturated carbocycles. The molecule has 1 aromatic carbocycles. The zero-order valence-electron chi connectivity index (χ0n) is 13.7. The molecule has 3 N–H and O–H groups in total. The molecule has 0 spiro atoms. The average Bonchev–Trinajstić information content (AvgIpc) is 3.11. The minimum Gasteiger partial charge on any atom is -0.496 e. The highest BCUT2D eigenvalue weighted by atomic mass is 16.6. The summed E-state index contributed by atoms with van der Waals surface area (Å²) in [5, 5.41) is 12.4. The van der Waals surface area contributed by atoms with Crippen molar-refractivity contribution in [1.29, 1.82) is 5.41 Å². The molecule has 1 saturated heterocycles. The summed E-state index contributed by atoms with van der Waals surface area (Å²) in [6.45, 7) is 1.84. The lowest BCUT2D eigenvalue weighted by molar-refractivity contribution is -0.127. The number of primary amides is 1. The van der Waals surface area contributed by atoms with Gasteiger partial charge in [0.1, 0.15) is 11.6 Å². The van der Waals surface area contributed by atoms with Crippen molar-refractivity contribution in [3.05, 3.63) is 29.3 Å². The van der Waals surface area contributed by atoms with Crippen LogP contribution in [-0.2, 0) is 9.63 Å². The van der Waals surface area contributed by atoms with Gasteiger partial charge in [-0.3, -0.25) is 10.2 Å². The topological polar surface area (TPSA) is 101 Å². The molecular weight excluding hydrogens is 308 g/mol. The van der Waals surface area contributed by atoms with Crippen LogP contribution in [0.1, 0.15) is 36.8 Å². The molecule has 0 aromatic heterocycles. The molecule has 1 amide bonds. The zero-order chi connectivity index (χ0) is 17.1. The van der Waals surface area contributed by atoms with Crippen LogP contribution in [0, 0.1) is 5.41 Å². The Labute approximate surface area is 140 Å². The Kier molecular flexibility index (Phi) is 4.69. The van der Waals surface area contributed by atoms with Gasteiger partial charge in [0.2, 0.25) is 6.10 Å². The molecule has 0 bridgehead atoms. The quantitative estimate of drug-likeness (QED) is 0.645. The van der Waals surface area contributed by atoms with Gasteiger partial charge in [-0.1, -0.05) is 11.2 Å². The Morgan fingerprint density at radius 2 is 2.12 bits per heavy atom. The first kappa shape index (κ1) is 16.3. The third-order valence-corrected chi connectivity index (χ3v) is 4.44. The van der Waals surface area contributed by atoms with E-state index in [2.05, 4.69) is 10.1 Å². The molecule has 1 fully saturated rings. The SMILES string of the molecule is COc1cc(C(=N)N2CCCCC2)ccc1C1=NOC(C(N)=O)C1. The van der Waals surface area contributed by atoms with Gasteiger partial charge in [0, 0.05) is 30.6 Å². The Bertz CT molecular complexity index is 680. The number of hydrogen-bond acceptors (Lipinski definition) is 5. The van der Waals surface area contributed by atoms with Crippen molar-refractivity contribution in [2.75, 3.05) is 20.2 Å². The number of nitrogens with two attached hydrogens (primary N) is 1. The van der Waals surface area contributed by atoms with Gasteiger partial charge in [-0.2, -0.15) is 0 Å². The molecule has 2 heterocycles. The number of amides is 1. The average molecular weight is 330 g/mol. The number of nitrogens with zero attached hydrogens (tertiary/aromatic N) is 2. The van der Waals surface area contributed by atoms with E-state index in [9.17, 15) is 4.79 Å². The van der Waals surface area contributed by atoms with Crippen molar-refractivity contribution >= 4 is 17.5 Å². The minimum atomic E-state index is -0.726. The number of carbonyl (C=O) groups excluding carboxylic acids is 1. The van der Waals surface area contributed by atoms with Crippen LogP contribution < -0.4 is 10.5 Å². The number of amidine groups is 1. The highest BCUT2D eigenvalue weighted by molar-refractivity contribution is 6.07. The van der Waals surface area contributed by atoms with Crippen molar-refractivity contribution < 1.29 is 14.4 Å². The van der Waals surface area contributed by atoms with E-state index in [1.54, 1.807) is 7.11 Å². The number of likely N-dealkylation sites (tertiary alicyclic amines) is 1. The van der Waals surface area contributed by atoms with E-state index in [1.165, 1.54) is 6.42 Å². The van der Waals surface area contributed by atoms with Gasteiger partial charge in [-0.25, -0.2) is 0 Å². The molecule has 7 nitrogen and oxygen atoms in total. The normalized spacial score (nSPS) is 20.3. The molecule has 1 atom stereocenters. The number of benzene rings is 1. The summed E-state index contributed by atoms with van der Waals surface area (Å²) in [7, 11) is 1.58. The van der Waals surface area contributed by atoms with E-state index in [1.807, 2.05) is 18.2 Å². The Morgan fingerprint density at radius 3 is 2.75 bits per heavy atom. The maximum atomic E-state index is 11.2. The maximum Gasteiger partial charge on any atom is 0.261 e. The lowest BCUT2D eigenvalue weighted by Gasteiger charge is -2.29. The number of piperidine rings is 1. The van der Waals surface area contributed by atoms with Crippen molar-refractivity contribution in [3.63, 3.8) is 0 Å². The summed E-state index contributed by atoms with van der Waals surface area (Å²) in [6, 6.07) is 5.58. The van der Waals surface area contributed by atoms with E-state index in [4.69, 9.17) is 20.7 Å². The second-order valence-corrected chi connectivity index (χ2v) is 6.05. The third-order valence-electron chi connectivity index (χ3n) is 4.44. The predicted molar refractivity (Wildman–Crippen MR) is 90.5 cm³/mol. The van der Waals surface area contributed by atoms with E-state index >= 15 is 0 Å². The lowest BCUT2D eigenvalue weighted by Crippen LogP contribution is -2.35. The number of carbonyl (C=O) groups is 1. The zero-order valence-corrected chi connectivity index (χ0v) is 13.7. The van der Waals surface area contributed by atoms with Gasteiger partial charge in [0.25, 0.3) is 5.91 Å². The van der Waals surface area contributed by atoms with E-state index in [0.717, 1.165) is 37.1 Å². The summed E-state index contributed by atoms with van der Waals surface area (Å²) < 4.78 is 5.46. The molecular formula is C17H22N4O3. The van der Waals surface area contributed by atoms with Gasteiger partial charge in [0.05, 0.1) is 12.8 Å². The Hall–Kier alpha value is -2.57. The fraction of sp³-hybridized carbons (Fsp3) is 0.471. The second-order valence-electron chi connectivity index (χ2n) is 6.05. The van der Waals surface area contributed by atoms with Crippen LogP contribution in [0.25, 0.3) is 0 Å². The van der Waals surface area contributed by atoms with Gasteiger partial charge in [-0.05, 0) is 31.4 Å². The molecule has 0 aliphatic carbocycles. The van der Waals surface area contributed by atoms with Crippen molar-refractivity contribution in [3.8, 4) is 5.75 Å². The predicted octanol–water partition coefficient (Wildman–Crippen LogP) is 1.48. The first-order valence-corrected chi connectivity index (χ1v) is 8.14. The highest BCUT2D eigenvalue weighted by Gasteiger charge is 2.28. The summed E-state index contributed by atoms with van der Waals surface area (Å²) in [6.07, 6.45) is 3.08. The molecule has 7 heteroatoms. The van der Waals surface area contributed by atoms with Crippen molar-refractivity contribution in [2.24, 2.45) is 10.9 Å². The van der Waals surface area contributed by atoms with Crippen LogP contribution in [0.15, 0.2) is 23.4 Å². The molecule has 24 heavy (non-hydrogen) atoms. The fourth-order valence-corrected chi connectivity index (χ4v) is 3.07. The second kappa shape index (κ2) is 6.90. The first-order valence-electron chi connectivity index (χ1n) is 8.14. The highest BCUT2D eigenvalue weighted by Crippen LogP contribution is 2.27. The van der Waals surface area contributed by atoms with Crippen molar-refractivity contribution in [1.82, 2.24) is 4.90 Å². The number of nitrogens with one attached hydrogen (secondary N) is 1. The lowest BCUT2D eigenvalue weighted by atomic mass is 10.0. The van der Waals surface area contributed by atoms with Crippen LogP contribution in [0.2, 0.25) is 0 Å². The van der Waals surface area contributed by atoms with E-state index < -0.39 is 12.0 Å². The number of ether oxygens (including phenoxy) is 1.